The highest BCUT2D eigenvalue weighted by Gasteiger charge is 2.33. The molecule has 0 aromatic carbocycles. The minimum Gasteiger partial charge on any atom is -0.481 e. The topological polar surface area (TPSA) is 95.0 Å². The molecule has 1 fully saturated rings. The standard InChI is InChI=1S/C12H22N2O5S/c1-4-13(7-9(2)11(15)16)12(17)14-5-6-20(18,19)8-10(14)3/h9-10H,4-8H2,1-3H3,(H,15,16). The van der Waals surface area contributed by atoms with Crippen molar-refractivity contribution in [3.05, 3.63) is 0 Å². The highest BCUT2D eigenvalue weighted by Crippen LogP contribution is 2.15. The van der Waals surface area contributed by atoms with Crippen molar-refractivity contribution in [1.29, 1.82) is 0 Å². The molecule has 1 N–H and O–H groups in total. The highest BCUT2D eigenvalue weighted by molar-refractivity contribution is 7.91. The van der Waals surface area contributed by atoms with Gasteiger partial charge in [0.2, 0.25) is 0 Å². The molecular formula is C12H22N2O5S. The monoisotopic (exact) mass is 306 g/mol. The molecule has 0 bridgehead atoms. The van der Waals surface area contributed by atoms with Gasteiger partial charge in [0.25, 0.3) is 0 Å². The van der Waals surface area contributed by atoms with Crippen LogP contribution >= 0.6 is 0 Å². The van der Waals surface area contributed by atoms with E-state index in [2.05, 4.69) is 0 Å². The molecule has 0 spiro atoms. The summed E-state index contributed by atoms with van der Waals surface area (Å²) in [6.45, 7) is 5.70. The minimum atomic E-state index is -3.07. The van der Waals surface area contributed by atoms with E-state index in [4.69, 9.17) is 5.11 Å². The molecule has 116 valence electrons. The Morgan fingerprint density at radius 3 is 2.50 bits per heavy atom. The van der Waals surface area contributed by atoms with Crippen molar-refractivity contribution in [3.63, 3.8) is 0 Å². The summed E-state index contributed by atoms with van der Waals surface area (Å²) in [6.07, 6.45) is 0. The average Bonchev–Trinajstić information content (AvgIpc) is 2.33. The molecule has 20 heavy (non-hydrogen) atoms. The fourth-order valence-corrected chi connectivity index (χ4v) is 3.77. The van der Waals surface area contributed by atoms with Crippen LogP contribution in [0.1, 0.15) is 20.8 Å². The number of urea groups is 1. The summed E-state index contributed by atoms with van der Waals surface area (Å²) in [5, 5.41) is 8.91. The Morgan fingerprint density at radius 2 is 2.05 bits per heavy atom. The molecular weight excluding hydrogens is 284 g/mol. The zero-order valence-electron chi connectivity index (χ0n) is 12.1. The lowest BCUT2D eigenvalue weighted by molar-refractivity contribution is -0.141. The fourth-order valence-electron chi connectivity index (χ4n) is 2.22. The van der Waals surface area contributed by atoms with Crippen LogP contribution in [0, 0.1) is 5.92 Å². The third-order valence-corrected chi connectivity index (χ3v) is 5.28. The van der Waals surface area contributed by atoms with Gasteiger partial charge in [-0.1, -0.05) is 6.92 Å². The minimum absolute atomic E-state index is 0.0326. The highest BCUT2D eigenvalue weighted by atomic mass is 32.2. The van der Waals surface area contributed by atoms with Gasteiger partial charge in [-0.3, -0.25) is 4.79 Å². The number of carboxylic acids is 1. The van der Waals surface area contributed by atoms with E-state index >= 15 is 0 Å². The molecule has 0 aliphatic carbocycles. The number of carboxylic acid groups (broad SMARTS) is 1. The molecule has 8 heteroatoms. The van der Waals surface area contributed by atoms with Crippen molar-refractivity contribution in [2.45, 2.75) is 26.8 Å². The van der Waals surface area contributed by atoms with Crippen LogP contribution in [0.4, 0.5) is 4.79 Å². The molecule has 2 amide bonds. The van der Waals surface area contributed by atoms with Crippen molar-refractivity contribution in [2.24, 2.45) is 5.92 Å². The van der Waals surface area contributed by atoms with Crippen LogP contribution < -0.4 is 0 Å². The number of nitrogens with zero attached hydrogens (tertiary/aromatic N) is 2. The summed E-state index contributed by atoms with van der Waals surface area (Å²) in [6, 6.07) is -0.668. The molecule has 1 saturated heterocycles. The second-order valence-corrected chi connectivity index (χ2v) is 7.45. The maximum atomic E-state index is 12.4. The van der Waals surface area contributed by atoms with Crippen LogP contribution in [-0.2, 0) is 14.6 Å². The lowest BCUT2D eigenvalue weighted by Gasteiger charge is -2.37. The van der Waals surface area contributed by atoms with E-state index in [1.807, 2.05) is 0 Å². The van der Waals surface area contributed by atoms with Gasteiger partial charge in [0.1, 0.15) is 0 Å². The Balaban J connectivity index is 2.74. The van der Waals surface area contributed by atoms with Crippen LogP contribution in [0.25, 0.3) is 0 Å². The molecule has 0 radical (unpaired) electrons. The lowest BCUT2D eigenvalue weighted by Crippen LogP contribution is -2.55. The number of aliphatic carboxylic acids is 1. The maximum Gasteiger partial charge on any atom is 0.320 e. The molecule has 7 nitrogen and oxygen atoms in total. The van der Waals surface area contributed by atoms with Crippen molar-refractivity contribution in [3.8, 4) is 0 Å². The van der Waals surface area contributed by atoms with Crippen LogP contribution in [0.5, 0.6) is 0 Å². The SMILES string of the molecule is CCN(CC(C)C(=O)O)C(=O)N1CCS(=O)(=O)CC1C. The van der Waals surface area contributed by atoms with Crippen molar-refractivity contribution < 1.29 is 23.1 Å². The van der Waals surface area contributed by atoms with E-state index in [1.165, 1.54) is 9.80 Å². The first-order valence-electron chi connectivity index (χ1n) is 6.66. The van der Waals surface area contributed by atoms with E-state index in [0.717, 1.165) is 0 Å². The number of rotatable bonds is 4. The summed E-state index contributed by atoms with van der Waals surface area (Å²) in [4.78, 5) is 26.2. The van der Waals surface area contributed by atoms with Gasteiger partial charge in [0.05, 0.1) is 17.4 Å². The molecule has 0 aromatic rings. The summed E-state index contributed by atoms with van der Waals surface area (Å²) in [5.41, 5.74) is 0. The van der Waals surface area contributed by atoms with Crippen molar-refractivity contribution in [1.82, 2.24) is 9.80 Å². The summed E-state index contributed by atoms with van der Waals surface area (Å²) >= 11 is 0. The van der Waals surface area contributed by atoms with E-state index in [1.54, 1.807) is 20.8 Å². The zero-order chi connectivity index (χ0) is 15.5. The third kappa shape index (κ3) is 4.09. The zero-order valence-corrected chi connectivity index (χ0v) is 12.9. The normalized spacial score (nSPS) is 23.1. The molecule has 1 heterocycles. The van der Waals surface area contributed by atoms with Gasteiger partial charge in [0, 0.05) is 25.7 Å². The quantitative estimate of drug-likeness (QED) is 0.804. The van der Waals surface area contributed by atoms with E-state index in [-0.39, 0.29) is 36.7 Å². The molecule has 0 saturated carbocycles. The smallest absolute Gasteiger partial charge is 0.320 e. The van der Waals surface area contributed by atoms with Gasteiger partial charge in [0.15, 0.2) is 9.84 Å². The van der Waals surface area contributed by atoms with Crippen LogP contribution in [0.15, 0.2) is 0 Å². The van der Waals surface area contributed by atoms with Crippen LogP contribution in [0.3, 0.4) is 0 Å². The molecule has 0 aromatic heterocycles. The largest absolute Gasteiger partial charge is 0.481 e. The number of sulfone groups is 1. The van der Waals surface area contributed by atoms with E-state index in [9.17, 15) is 18.0 Å². The summed E-state index contributed by atoms with van der Waals surface area (Å²) in [7, 11) is -3.07. The first-order chi connectivity index (χ1) is 9.18. The second-order valence-electron chi connectivity index (χ2n) is 5.22. The van der Waals surface area contributed by atoms with Crippen molar-refractivity contribution in [2.75, 3.05) is 31.1 Å². The number of carbonyl (C=O) groups is 2. The van der Waals surface area contributed by atoms with E-state index in [0.29, 0.717) is 6.54 Å². The predicted octanol–water partition coefficient (Wildman–Crippen LogP) is 0.268. The molecule has 2 unspecified atom stereocenters. The number of amides is 2. The molecule has 2 atom stereocenters. The van der Waals surface area contributed by atoms with Gasteiger partial charge in [-0.05, 0) is 13.8 Å². The lowest BCUT2D eigenvalue weighted by atomic mass is 10.1. The number of carbonyl (C=O) groups excluding carboxylic acids is 1. The molecule has 1 aliphatic heterocycles. The fraction of sp³-hybridized carbons (Fsp3) is 0.833. The van der Waals surface area contributed by atoms with E-state index < -0.39 is 21.7 Å². The van der Waals surface area contributed by atoms with Crippen LogP contribution in [0.2, 0.25) is 0 Å². The van der Waals surface area contributed by atoms with Gasteiger partial charge in [-0.2, -0.15) is 0 Å². The average molecular weight is 306 g/mol. The van der Waals surface area contributed by atoms with Gasteiger partial charge >= 0.3 is 12.0 Å². The van der Waals surface area contributed by atoms with Gasteiger partial charge in [-0.25, -0.2) is 13.2 Å². The van der Waals surface area contributed by atoms with Crippen molar-refractivity contribution >= 4 is 21.8 Å². The Morgan fingerprint density at radius 1 is 1.45 bits per heavy atom. The Bertz CT molecular complexity index is 476. The Kier molecular flexibility index (Phi) is 5.38. The maximum absolute atomic E-state index is 12.4. The summed E-state index contributed by atoms with van der Waals surface area (Å²) in [5.74, 6) is -1.67. The summed E-state index contributed by atoms with van der Waals surface area (Å²) < 4.78 is 23.0. The second kappa shape index (κ2) is 6.43. The first kappa shape index (κ1) is 16.7. The predicted molar refractivity (Wildman–Crippen MR) is 74.3 cm³/mol. The Labute approximate surface area is 119 Å². The number of hydrogen-bond donors (Lipinski definition) is 1. The third-order valence-electron chi connectivity index (χ3n) is 3.48. The molecule has 1 aliphatic rings. The van der Waals surface area contributed by atoms with Gasteiger partial charge < -0.3 is 14.9 Å². The number of hydrogen-bond acceptors (Lipinski definition) is 4. The Hall–Kier alpha value is -1.31. The van der Waals surface area contributed by atoms with Gasteiger partial charge in [-0.15, -0.1) is 0 Å². The van der Waals surface area contributed by atoms with Crippen LogP contribution in [-0.4, -0.2) is 72.5 Å². The first-order valence-corrected chi connectivity index (χ1v) is 8.48. The molecule has 1 rings (SSSR count).